The van der Waals surface area contributed by atoms with Crippen LogP contribution < -0.4 is 10.2 Å². The Labute approximate surface area is 177 Å². The van der Waals surface area contributed by atoms with Gasteiger partial charge >= 0.3 is 0 Å². The molecular weight excluding hydrogens is 374 g/mol. The molecule has 0 spiro atoms. The maximum absolute atomic E-state index is 12.5. The molecule has 3 aromatic rings. The average molecular weight is 404 g/mol. The maximum Gasteiger partial charge on any atom is 0.255 e. The number of hydrogen-bond donors (Lipinski definition) is 2. The summed E-state index contributed by atoms with van der Waals surface area (Å²) in [5, 5.41) is 10.0. The number of carbonyl (C=O) groups excluding carboxylic acids is 1. The predicted molar refractivity (Wildman–Crippen MR) is 121 cm³/mol. The van der Waals surface area contributed by atoms with Crippen LogP contribution in [0.1, 0.15) is 23.2 Å². The van der Waals surface area contributed by atoms with Gasteiger partial charge in [-0.1, -0.05) is 48.5 Å². The zero-order valence-corrected chi connectivity index (χ0v) is 17.3. The summed E-state index contributed by atoms with van der Waals surface area (Å²) in [6.07, 6.45) is 3.66. The van der Waals surface area contributed by atoms with Crippen LogP contribution in [0.15, 0.2) is 66.9 Å². The number of amides is 1. The van der Waals surface area contributed by atoms with E-state index in [0.717, 1.165) is 56.8 Å². The summed E-state index contributed by atoms with van der Waals surface area (Å²) in [6.45, 7) is 6.10. The molecule has 156 valence electrons. The third-order valence-electron chi connectivity index (χ3n) is 5.63. The molecule has 1 saturated heterocycles. The topological polar surface area (TPSA) is 64.3 Å². The minimum Gasteiger partial charge on any atom is -0.369 e. The SMILES string of the molecule is O=C(NCCCCN1CCN(c2ccccc2)CC1)c1cn[nH]c1-c1ccccc1. The second kappa shape index (κ2) is 10.1. The van der Waals surface area contributed by atoms with Crippen molar-refractivity contribution in [1.29, 1.82) is 0 Å². The van der Waals surface area contributed by atoms with Crippen LogP contribution in [0.25, 0.3) is 11.3 Å². The number of nitrogens with zero attached hydrogens (tertiary/aromatic N) is 3. The molecule has 0 radical (unpaired) electrons. The van der Waals surface area contributed by atoms with Crippen molar-refractivity contribution in [2.75, 3.05) is 44.2 Å². The smallest absolute Gasteiger partial charge is 0.255 e. The van der Waals surface area contributed by atoms with Gasteiger partial charge in [0, 0.05) is 44.0 Å². The number of aromatic amines is 1. The Morgan fingerprint density at radius 3 is 2.37 bits per heavy atom. The van der Waals surface area contributed by atoms with Gasteiger partial charge in [-0.25, -0.2) is 0 Å². The van der Waals surface area contributed by atoms with E-state index in [9.17, 15) is 4.79 Å². The Bertz CT molecular complexity index is 917. The molecule has 0 saturated carbocycles. The summed E-state index contributed by atoms with van der Waals surface area (Å²) in [7, 11) is 0. The first-order chi connectivity index (χ1) is 14.8. The molecule has 1 amide bonds. The van der Waals surface area contributed by atoms with Crippen LogP contribution >= 0.6 is 0 Å². The van der Waals surface area contributed by atoms with Crippen molar-refractivity contribution in [3.05, 3.63) is 72.4 Å². The third-order valence-corrected chi connectivity index (χ3v) is 5.63. The second-order valence-electron chi connectivity index (χ2n) is 7.65. The standard InChI is InChI=1S/C24H29N5O/c30-24(22-19-26-27-23(22)20-9-3-1-4-10-20)25-13-7-8-14-28-15-17-29(18-16-28)21-11-5-2-6-12-21/h1-6,9-12,19H,7-8,13-18H2,(H,25,30)(H,26,27). The van der Waals surface area contributed by atoms with Crippen molar-refractivity contribution in [1.82, 2.24) is 20.4 Å². The van der Waals surface area contributed by atoms with Crippen LogP contribution in [-0.4, -0.2) is 60.3 Å². The Morgan fingerprint density at radius 1 is 0.933 bits per heavy atom. The number of H-pyrrole nitrogens is 1. The summed E-state index contributed by atoms with van der Waals surface area (Å²) in [5.74, 6) is -0.0703. The fraction of sp³-hybridized carbons (Fsp3) is 0.333. The number of carbonyl (C=O) groups is 1. The molecule has 1 aromatic heterocycles. The van der Waals surface area contributed by atoms with Crippen LogP contribution in [0.2, 0.25) is 0 Å². The average Bonchev–Trinajstić information content (AvgIpc) is 3.30. The van der Waals surface area contributed by atoms with Crippen molar-refractivity contribution < 1.29 is 4.79 Å². The van der Waals surface area contributed by atoms with E-state index in [0.29, 0.717) is 12.1 Å². The van der Waals surface area contributed by atoms with Crippen LogP contribution in [0.3, 0.4) is 0 Å². The Morgan fingerprint density at radius 2 is 1.63 bits per heavy atom. The highest BCUT2D eigenvalue weighted by Crippen LogP contribution is 2.20. The van der Waals surface area contributed by atoms with Gasteiger partial charge in [0.15, 0.2) is 0 Å². The molecule has 0 unspecified atom stereocenters. The number of rotatable bonds is 8. The molecule has 2 aromatic carbocycles. The quantitative estimate of drug-likeness (QED) is 0.566. The first kappa shape index (κ1) is 20.2. The van der Waals surface area contributed by atoms with Crippen molar-refractivity contribution in [2.24, 2.45) is 0 Å². The summed E-state index contributed by atoms with van der Waals surface area (Å²) >= 11 is 0. The van der Waals surface area contributed by atoms with Gasteiger partial charge in [-0.3, -0.25) is 14.8 Å². The predicted octanol–water partition coefficient (Wildman–Crippen LogP) is 3.41. The lowest BCUT2D eigenvalue weighted by Crippen LogP contribution is -2.46. The Kier molecular flexibility index (Phi) is 6.77. The van der Waals surface area contributed by atoms with Crippen LogP contribution in [0, 0.1) is 0 Å². The van der Waals surface area contributed by atoms with E-state index in [1.54, 1.807) is 6.20 Å². The van der Waals surface area contributed by atoms with Gasteiger partial charge in [0.25, 0.3) is 5.91 Å². The molecule has 0 atom stereocenters. The van der Waals surface area contributed by atoms with Crippen LogP contribution in [0.4, 0.5) is 5.69 Å². The molecule has 1 aliphatic rings. The van der Waals surface area contributed by atoms with Gasteiger partial charge in [-0.05, 0) is 31.5 Å². The fourth-order valence-electron chi connectivity index (χ4n) is 3.91. The molecule has 0 bridgehead atoms. The number of piperazine rings is 1. The number of unbranched alkanes of at least 4 members (excludes halogenated alkanes) is 1. The van der Waals surface area contributed by atoms with E-state index in [4.69, 9.17) is 0 Å². The molecule has 4 rings (SSSR count). The lowest BCUT2D eigenvalue weighted by molar-refractivity contribution is 0.0953. The molecule has 0 aliphatic carbocycles. The van der Waals surface area contributed by atoms with E-state index < -0.39 is 0 Å². The summed E-state index contributed by atoms with van der Waals surface area (Å²) in [6, 6.07) is 20.4. The van der Waals surface area contributed by atoms with Gasteiger partial charge < -0.3 is 10.2 Å². The first-order valence-electron chi connectivity index (χ1n) is 10.7. The monoisotopic (exact) mass is 403 g/mol. The summed E-state index contributed by atoms with van der Waals surface area (Å²) < 4.78 is 0. The molecule has 1 aliphatic heterocycles. The van der Waals surface area contributed by atoms with Crippen LogP contribution in [0.5, 0.6) is 0 Å². The largest absolute Gasteiger partial charge is 0.369 e. The highest BCUT2D eigenvalue weighted by molar-refractivity contribution is 5.99. The summed E-state index contributed by atoms with van der Waals surface area (Å²) in [5.41, 5.74) is 3.64. The van der Waals surface area contributed by atoms with Gasteiger partial charge in [-0.2, -0.15) is 5.10 Å². The minimum absolute atomic E-state index is 0.0703. The fourth-order valence-corrected chi connectivity index (χ4v) is 3.91. The molecule has 2 N–H and O–H groups in total. The molecule has 6 heteroatoms. The normalized spacial score (nSPS) is 14.6. The molecule has 1 fully saturated rings. The van der Waals surface area contributed by atoms with Crippen molar-refractivity contribution in [3.63, 3.8) is 0 Å². The summed E-state index contributed by atoms with van der Waals surface area (Å²) in [4.78, 5) is 17.5. The first-order valence-corrected chi connectivity index (χ1v) is 10.7. The van der Waals surface area contributed by atoms with E-state index in [1.807, 2.05) is 30.3 Å². The van der Waals surface area contributed by atoms with Gasteiger partial charge in [-0.15, -0.1) is 0 Å². The van der Waals surface area contributed by atoms with Crippen LogP contribution in [-0.2, 0) is 0 Å². The van der Waals surface area contributed by atoms with E-state index in [1.165, 1.54) is 5.69 Å². The lowest BCUT2D eigenvalue weighted by Gasteiger charge is -2.36. The second-order valence-corrected chi connectivity index (χ2v) is 7.65. The number of anilines is 1. The Balaban J connectivity index is 1.15. The Hall–Kier alpha value is -3.12. The number of benzene rings is 2. The molecule has 6 nitrogen and oxygen atoms in total. The minimum atomic E-state index is -0.0703. The zero-order chi connectivity index (χ0) is 20.6. The highest BCUT2D eigenvalue weighted by atomic mass is 16.1. The number of aromatic nitrogens is 2. The third kappa shape index (κ3) is 5.07. The molecule has 30 heavy (non-hydrogen) atoms. The number of nitrogens with one attached hydrogen (secondary N) is 2. The maximum atomic E-state index is 12.5. The van der Waals surface area contributed by atoms with Gasteiger partial charge in [0.1, 0.15) is 0 Å². The van der Waals surface area contributed by atoms with Gasteiger partial charge in [0.05, 0.1) is 17.5 Å². The van der Waals surface area contributed by atoms with E-state index >= 15 is 0 Å². The van der Waals surface area contributed by atoms with Gasteiger partial charge in [0.2, 0.25) is 0 Å². The number of para-hydroxylation sites is 1. The molecular formula is C24H29N5O. The lowest BCUT2D eigenvalue weighted by atomic mass is 10.1. The zero-order valence-electron chi connectivity index (χ0n) is 17.3. The highest BCUT2D eigenvalue weighted by Gasteiger charge is 2.17. The van der Waals surface area contributed by atoms with Crippen molar-refractivity contribution in [2.45, 2.75) is 12.8 Å². The van der Waals surface area contributed by atoms with Crippen molar-refractivity contribution >= 4 is 11.6 Å². The van der Waals surface area contributed by atoms with E-state index in [2.05, 4.69) is 55.6 Å². The number of hydrogen-bond acceptors (Lipinski definition) is 4. The van der Waals surface area contributed by atoms with E-state index in [-0.39, 0.29) is 5.91 Å². The molecule has 2 heterocycles. The van der Waals surface area contributed by atoms with Crippen molar-refractivity contribution in [3.8, 4) is 11.3 Å².